The number of nitrogens with zero attached hydrogens (tertiary/aromatic N) is 4. The molecule has 0 N–H and O–H groups in total. The van der Waals surface area contributed by atoms with Crippen LogP contribution in [0.1, 0.15) is 36.8 Å². The smallest absolute Gasteiger partial charge is 0.263 e. The van der Waals surface area contributed by atoms with Crippen molar-refractivity contribution in [2.45, 2.75) is 31.8 Å². The molecule has 4 aromatic rings. The fraction of sp³-hybridized carbons (Fsp3) is 0.250. The first kappa shape index (κ1) is 19.9. The van der Waals surface area contributed by atoms with Gasteiger partial charge in [0.2, 0.25) is 0 Å². The maximum atomic E-state index is 13.5. The maximum absolute atomic E-state index is 13.5. The first-order valence-electron chi connectivity index (χ1n) is 10.8. The minimum atomic E-state index is -0.351. The average molecular weight is 461 g/mol. The summed E-state index contributed by atoms with van der Waals surface area (Å²) in [7, 11) is 0. The van der Waals surface area contributed by atoms with Crippen LogP contribution in [0.15, 0.2) is 78.9 Å². The predicted molar refractivity (Wildman–Crippen MR) is 124 cm³/mol. The van der Waals surface area contributed by atoms with Crippen LogP contribution >= 0.6 is 11.3 Å². The number of amides is 1. The summed E-state index contributed by atoms with van der Waals surface area (Å²) in [4.78, 5) is 31.3. The van der Waals surface area contributed by atoms with Crippen LogP contribution < -0.4 is 5.56 Å². The molecule has 1 saturated carbocycles. The lowest BCUT2D eigenvalue weighted by molar-refractivity contribution is -0.134. The number of hydrogen-bond acceptors (Lipinski definition) is 7. The number of fused-ring (bicyclic) bond motifs is 2. The van der Waals surface area contributed by atoms with Gasteiger partial charge in [-0.05, 0) is 66.6 Å². The molecular weight excluding hydrogens is 440 g/mol. The van der Waals surface area contributed by atoms with Crippen LogP contribution in [0.5, 0.6) is 0 Å². The SMILES string of the molecule is O=C(Cn1cnc2sccc2c1=O)N1N=C2/C(=C\c3ccco3)CCCC2C1c1ccco1. The molecule has 0 radical (unpaired) electrons. The highest BCUT2D eigenvalue weighted by Crippen LogP contribution is 2.44. The van der Waals surface area contributed by atoms with E-state index in [1.54, 1.807) is 18.6 Å². The van der Waals surface area contributed by atoms with E-state index >= 15 is 0 Å². The first-order valence-corrected chi connectivity index (χ1v) is 11.7. The Morgan fingerprint density at radius 3 is 2.91 bits per heavy atom. The first-order chi connectivity index (χ1) is 16.2. The molecule has 1 fully saturated rings. The quantitative estimate of drug-likeness (QED) is 0.448. The third kappa shape index (κ3) is 3.45. The van der Waals surface area contributed by atoms with Crippen LogP contribution in [-0.2, 0) is 11.3 Å². The number of furan rings is 2. The van der Waals surface area contributed by atoms with E-state index in [0.29, 0.717) is 16.0 Å². The van der Waals surface area contributed by atoms with E-state index in [1.807, 2.05) is 35.7 Å². The minimum absolute atomic E-state index is 0.0178. The van der Waals surface area contributed by atoms with Gasteiger partial charge in [0.05, 0.1) is 30.0 Å². The summed E-state index contributed by atoms with van der Waals surface area (Å²) in [6, 6.07) is 8.82. The van der Waals surface area contributed by atoms with E-state index in [2.05, 4.69) is 4.98 Å². The second kappa shape index (κ2) is 8.00. The molecule has 5 heterocycles. The third-order valence-corrected chi connectivity index (χ3v) is 7.03. The maximum Gasteiger partial charge on any atom is 0.263 e. The zero-order valence-corrected chi connectivity index (χ0v) is 18.4. The molecule has 33 heavy (non-hydrogen) atoms. The van der Waals surface area contributed by atoms with Crippen LogP contribution in [0.2, 0.25) is 0 Å². The molecule has 9 heteroatoms. The van der Waals surface area contributed by atoms with Crippen molar-refractivity contribution in [1.29, 1.82) is 0 Å². The fourth-order valence-corrected chi connectivity index (χ4v) is 5.44. The topological polar surface area (TPSA) is 93.8 Å². The van der Waals surface area contributed by atoms with Gasteiger partial charge in [0, 0.05) is 5.92 Å². The Kier molecular flexibility index (Phi) is 4.83. The summed E-state index contributed by atoms with van der Waals surface area (Å²) in [5.74, 6) is 1.18. The monoisotopic (exact) mass is 460 g/mol. The van der Waals surface area contributed by atoms with E-state index in [-0.39, 0.29) is 30.0 Å². The molecule has 166 valence electrons. The molecule has 2 aliphatic rings. The lowest BCUT2D eigenvalue weighted by atomic mass is 9.79. The average Bonchev–Trinajstić information content (AvgIpc) is 3.61. The van der Waals surface area contributed by atoms with Gasteiger partial charge in [-0.2, -0.15) is 5.10 Å². The van der Waals surface area contributed by atoms with E-state index in [9.17, 15) is 9.59 Å². The largest absolute Gasteiger partial charge is 0.467 e. The number of carbonyl (C=O) groups is 1. The van der Waals surface area contributed by atoms with Crippen LogP contribution in [-0.4, -0.2) is 26.2 Å². The Morgan fingerprint density at radius 2 is 2.09 bits per heavy atom. The summed E-state index contributed by atoms with van der Waals surface area (Å²) >= 11 is 1.40. The molecule has 0 spiro atoms. The molecule has 8 nitrogen and oxygen atoms in total. The lowest BCUT2D eigenvalue weighted by Gasteiger charge is -2.27. The Balaban J connectivity index is 1.37. The number of hydrogen-bond donors (Lipinski definition) is 0. The summed E-state index contributed by atoms with van der Waals surface area (Å²) in [6.45, 7) is -0.143. The van der Waals surface area contributed by atoms with Crippen molar-refractivity contribution >= 4 is 39.2 Å². The summed E-state index contributed by atoms with van der Waals surface area (Å²) in [5.41, 5.74) is 1.71. The summed E-state index contributed by atoms with van der Waals surface area (Å²) < 4.78 is 12.6. The Labute approximate surface area is 192 Å². The van der Waals surface area contributed by atoms with Crippen LogP contribution in [0, 0.1) is 5.92 Å². The molecule has 2 unspecified atom stereocenters. The summed E-state index contributed by atoms with van der Waals surface area (Å²) in [6.07, 6.45) is 9.41. The zero-order valence-electron chi connectivity index (χ0n) is 17.6. The Morgan fingerprint density at radius 1 is 1.21 bits per heavy atom. The summed E-state index contributed by atoms with van der Waals surface area (Å²) in [5, 5.41) is 8.61. The number of allylic oxidation sites excluding steroid dienone is 1. The van der Waals surface area contributed by atoms with Crippen molar-refractivity contribution in [2.75, 3.05) is 0 Å². The van der Waals surface area contributed by atoms with E-state index in [1.165, 1.54) is 27.2 Å². The van der Waals surface area contributed by atoms with Gasteiger partial charge in [-0.25, -0.2) is 9.99 Å². The molecular formula is C24H20N4O4S. The normalized spacial score (nSPS) is 21.5. The number of aromatic nitrogens is 2. The third-order valence-electron chi connectivity index (χ3n) is 6.21. The molecule has 4 aromatic heterocycles. The molecule has 0 aromatic carbocycles. The van der Waals surface area contributed by atoms with E-state index in [4.69, 9.17) is 13.9 Å². The van der Waals surface area contributed by atoms with Crippen LogP contribution in [0.3, 0.4) is 0 Å². The van der Waals surface area contributed by atoms with Gasteiger partial charge >= 0.3 is 0 Å². The van der Waals surface area contributed by atoms with E-state index < -0.39 is 0 Å². The fourth-order valence-electron chi connectivity index (χ4n) is 4.71. The predicted octanol–water partition coefficient (Wildman–Crippen LogP) is 4.47. The number of rotatable bonds is 4. The van der Waals surface area contributed by atoms with Crippen molar-refractivity contribution < 1.29 is 13.6 Å². The van der Waals surface area contributed by atoms with Crippen molar-refractivity contribution in [2.24, 2.45) is 11.0 Å². The van der Waals surface area contributed by atoms with Crippen LogP contribution in [0.25, 0.3) is 16.3 Å². The van der Waals surface area contributed by atoms with Crippen molar-refractivity contribution in [1.82, 2.24) is 14.6 Å². The minimum Gasteiger partial charge on any atom is -0.467 e. The Hall–Kier alpha value is -3.72. The highest BCUT2D eigenvalue weighted by molar-refractivity contribution is 7.16. The second-order valence-electron chi connectivity index (χ2n) is 8.18. The van der Waals surface area contributed by atoms with E-state index in [0.717, 1.165) is 36.3 Å². The highest BCUT2D eigenvalue weighted by Gasteiger charge is 2.45. The van der Waals surface area contributed by atoms with Gasteiger partial charge in [0.1, 0.15) is 28.9 Å². The van der Waals surface area contributed by atoms with Crippen molar-refractivity contribution in [3.05, 3.63) is 82.0 Å². The van der Waals surface area contributed by atoms with Gasteiger partial charge in [0.25, 0.3) is 11.5 Å². The van der Waals surface area contributed by atoms with Crippen LogP contribution in [0.4, 0.5) is 0 Å². The number of carbonyl (C=O) groups excluding carboxylic acids is 1. The number of thiophene rings is 1. The molecule has 0 bridgehead atoms. The lowest BCUT2D eigenvalue weighted by Crippen LogP contribution is -2.36. The van der Waals surface area contributed by atoms with Gasteiger partial charge < -0.3 is 8.83 Å². The van der Waals surface area contributed by atoms with Crippen molar-refractivity contribution in [3.63, 3.8) is 0 Å². The molecule has 6 rings (SSSR count). The van der Waals surface area contributed by atoms with Gasteiger partial charge in [-0.1, -0.05) is 0 Å². The molecule has 2 atom stereocenters. The molecule has 1 aliphatic carbocycles. The Bertz CT molecular complexity index is 1430. The molecule has 1 aliphatic heterocycles. The van der Waals surface area contributed by atoms with Crippen molar-refractivity contribution in [3.8, 4) is 0 Å². The standard InChI is InChI=1S/C24H20N4O4S/c29-20(13-27-14-25-23-18(24(27)30)8-11-33-23)28-22(19-7-3-10-32-19)17-6-1-4-15(21(17)26-28)12-16-5-2-9-31-16/h2-3,5,7-12,14,17,22H,1,4,6,13H2/b15-12-. The molecule has 1 amide bonds. The number of hydrazone groups is 1. The second-order valence-corrected chi connectivity index (χ2v) is 9.08. The molecule has 0 saturated heterocycles. The zero-order chi connectivity index (χ0) is 22.4. The highest BCUT2D eigenvalue weighted by atomic mass is 32.1. The van der Waals surface area contributed by atoms with Gasteiger partial charge in [-0.15, -0.1) is 11.3 Å². The van der Waals surface area contributed by atoms with Gasteiger partial charge in [0.15, 0.2) is 0 Å². The van der Waals surface area contributed by atoms with Gasteiger partial charge in [-0.3, -0.25) is 14.2 Å².